The number of carbonyl (C=O) groups is 1. The number of pyridine rings is 1. The maximum absolute atomic E-state index is 11.5. The van der Waals surface area contributed by atoms with Crippen molar-refractivity contribution < 1.29 is 9.53 Å². The van der Waals surface area contributed by atoms with Crippen LogP contribution < -0.4 is 16.0 Å². The van der Waals surface area contributed by atoms with Crippen LogP contribution in [0.5, 0.6) is 0 Å². The summed E-state index contributed by atoms with van der Waals surface area (Å²) in [4.78, 5) is 17.8. The number of amides is 1. The maximum atomic E-state index is 11.5. The molecule has 6 heteroatoms. The van der Waals surface area contributed by atoms with Crippen LogP contribution in [0.15, 0.2) is 18.3 Å². The summed E-state index contributed by atoms with van der Waals surface area (Å²) >= 11 is 0. The number of primary amides is 1. The predicted octanol–water partition coefficient (Wildman–Crippen LogP) is 0.0241. The van der Waals surface area contributed by atoms with Gasteiger partial charge in [-0.15, -0.1) is 0 Å². The smallest absolute Gasteiger partial charge is 0.242 e. The third-order valence-corrected chi connectivity index (χ3v) is 3.73. The number of aromatic nitrogens is 1. The molecule has 0 bridgehead atoms. The van der Waals surface area contributed by atoms with Crippen molar-refractivity contribution in [3.8, 4) is 0 Å². The van der Waals surface area contributed by atoms with Crippen LogP contribution in [0.1, 0.15) is 18.4 Å². The number of morpholine rings is 1. The molecule has 1 aliphatic carbocycles. The van der Waals surface area contributed by atoms with Gasteiger partial charge in [-0.25, -0.2) is 4.98 Å². The lowest BCUT2D eigenvalue weighted by atomic mass is 10.2. The molecule has 2 fully saturated rings. The number of nitrogens with one attached hydrogen (secondary N) is 1. The Bertz CT molecular complexity index is 473. The zero-order valence-corrected chi connectivity index (χ0v) is 11.4. The first-order chi connectivity index (χ1) is 9.74. The molecule has 1 aromatic rings. The van der Waals surface area contributed by atoms with E-state index in [0.717, 1.165) is 17.9 Å². The second-order valence-corrected chi connectivity index (χ2v) is 5.37. The molecule has 0 spiro atoms. The van der Waals surface area contributed by atoms with Gasteiger partial charge in [-0.05, 0) is 24.5 Å². The number of anilines is 1. The van der Waals surface area contributed by atoms with Crippen LogP contribution in [0.4, 0.5) is 5.82 Å². The average Bonchev–Trinajstić information content (AvgIpc) is 3.30. The minimum atomic E-state index is -0.424. The summed E-state index contributed by atoms with van der Waals surface area (Å²) in [6, 6.07) is 4.26. The van der Waals surface area contributed by atoms with Gasteiger partial charge >= 0.3 is 0 Å². The molecule has 2 aliphatic rings. The SMILES string of the molecule is NC(=O)C1COCCN1c1ccc(CNC2CC2)cn1. The number of ether oxygens (including phenoxy) is 1. The second-order valence-electron chi connectivity index (χ2n) is 5.37. The monoisotopic (exact) mass is 276 g/mol. The minimum absolute atomic E-state index is 0.335. The van der Waals surface area contributed by atoms with E-state index in [0.29, 0.717) is 25.8 Å². The molecular formula is C14H20N4O2. The molecule has 1 aromatic heterocycles. The van der Waals surface area contributed by atoms with Gasteiger partial charge in [0.05, 0.1) is 13.2 Å². The normalized spacial score (nSPS) is 22.8. The van der Waals surface area contributed by atoms with Crippen LogP contribution in [-0.4, -0.2) is 42.7 Å². The largest absolute Gasteiger partial charge is 0.377 e. The van der Waals surface area contributed by atoms with Crippen LogP contribution >= 0.6 is 0 Å². The summed E-state index contributed by atoms with van der Waals surface area (Å²) in [5, 5.41) is 3.45. The van der Waals surface area contributed by atoms with Gasteiger partial charge in [-0.2, -0.15) is 0 Å². The first-order valence-electron chi connectivity index (χ1n) is 7.06. The van der Waals surface area contributed by atoms with Gasteiger partial charge in [0.2, 0.25) is 5.91 Å². The van der Waals surface area contributed by atoms with Gasteiger partial charge in [0.1, 0.15) is 11.9 Å². The molecule has 0 radical (unpaired) electrons. The summed E-state index contributed by atoms with van der Waals surface area (Å²) in [7, 11) is 0. The molecule has 1 saturated heterocycles. The van der Waals surface area contributed by atoms with Crippen molar-refractivity contribution in [3.63, 3.8) is 0 Å². The molecule has 1 amide bonds. The van der Waals surface area contributed by atoms with Gasteiger partial charge in [0, 0.05) is 25.3 Å². The highest BCUT2D eigenvalue weighted by Gasteiger charge is 2.28. The third-order valence-electron chi connectivity index (χ3n) is 3.73. The molecule has 2 heterocycles. The summed E-state index contributed by atoms with van der Waals surface area (Å²) < 4.78 is 5.31. The van der Waals surface area contributed by atoms with Crippen LogP contribution in [0.2, 0.25) is 0 Å². The lowest BCUT2D eigenvalue weighted by molar-refractivity contribution is -0.121. The van der Waals surface area contributed by atoms with Gasteiger partial charge in [0.25, 0.3) is 0 Å². The quantitative estimate of drug-likeness (QED) is 0.793. The van der Waals surface area contributed by atoms with Crippen LogP contribution in [0.25, 0.3) is 0 Å². The highest BCUT2D eigenvalue weighted by molar-refractivity contribution is 5.83. The average molecular weight is 276 g/mol. The third kappa shape index (κ3) is 3.08. The van der Waals surface area contributed by atoms with Crippen LogP contribution in [0.3, 0.4) is 0 Å². The molecule has 1 aliphatic heterocycles. The Labute approximate surface area is 118 Å². The lowest BCUT2D eigenvalue weighted by Gasteiger charge is -2.34. The van der Waals surface area contributed by atoms with Gasteiger partial charge in [-0.3, -0.25) is 4.79 Å². The number of carbonyl (C=O) groups excluding carboxylic acids is 1. The number of hydrogen-bond donors (Lipinski definition) is 2. The van der Waals surface area contributed by atoms with Crippen molar-refractivity contribution >= 4 is 11.7 Å². The van der Waals surface area contributed by atoms with Crippen molar-refractivity contribution in [3.05, 3.63) is 23.9 Å². The first kappa shape index (κ1) is 13.3. The topological polar surface area (TPSA) is 80.5 Å². The van der Waals surface area contributed by atoms with Crippen molar-refractivity contribution in [1.82, 2.24) is 10.3 Å². The van der Waals surface area contributed by atoms with Crippen LogP contribution in [0, 0.1) is 0 Å². The van der Waals surface area contributed by atoms with E-state index >= 15 is 0 Å². The molecule has 1 atom stereocenters. The van der Waals surface area contributed by atoms with E-state index in [1.165, 1.54) is 12.8 Å². The first-order valence-corrected chi connectivity index (χ1v) is 7.06. The Morgan fingerprint density at radius 3 is 3.00 bits per heavy atom. The second kappa shape index (κ2) is 5.76. The van der Waals surface area contributed by atoms with E-state index in [9.17, 15) is 4.79 Å². The zero-order chi connectivity index (χ0) is 13.9. The summed E-state index contributed by atoms with van der Waals surface area (Å²) in [5.41, 5.74) is 6.57. The summed E-state index contributed by atoms with van der Waals surface area (Å²) in [6.07, 6.45) is 4.41. The number of hydrogen-bond acceptors (Lipinski definition) is 5. The molecule has 3 N–H and O–H groups in total. The number of nitrogens with zero attached hydrogens (tertiary/aromatic N) is 2. The molecule has 20 heavy (non-hydrogen) atoms. The summed E-state index contributed by atoms with van der Waals surface area (Å²) in [5.74, 6) is 0.415. The molecule has 6 nitrogen and oxygen atoms in total. The fraction of sp³-hybridized carbons (Fsp3) is 0.571. The molecule has 3 rings (SSSR count). The minimum Gasteiger partial charge on any atom is -0.377 e. The number of rotatable bonds is 5. The molecule has 108 valence electrons. The molecule has 1 unspecified atom stereocenters. The Morgan fingerprint density at radius 1 is 1.50 bits per heavy atom. The zero-order valence-electron chi connectivity index (χ0n) is 11.4. The summed E-state index contributed by atoms with van der Waals surface area (Å²) in [6.45, 7) is 2.42. The van der Waals surface area contributed by atoms with Crippen molar-refractivity contribution in [2.75, 3.05) is 24.7 Å². The van der Waals surface area contributed by atoms with E-state index in [2.05, 4.69) is 10.3 Å². The van der Waals surface area contributed by atoms with Gasteiger partial charge in [0.15, 0.2) is 0 Å². The molecule has 0 aromatic carbocycles. The van der Waals surface area contributed by atoms with E-state index < -0.39 is 6.04 Å². The van der Waals surface area contributed by atoms with E-state index in [-0.39, 0.29) is 5.91 Å². The lowest BCUT2D eigenvalue weighted by Crippen LogP contribution is -2.53. The van der Waals surface area contributed by atoms with Gasteiger partial charge < -0.3 is 20.7 Å². The van der Waals surface area contributed by atoms with Crippen molar-refractivity contribution in [2.45, 2.75) is 31.5 Å². The number of nitrogens with two attached hydrogens (primary N) is 1. The molecular weight excluding hydrogens is 256 g/mol. The van der Waals surface area contributed by atoms with Gasteiger partial charge in [-0.1, -0.05) is 6.07 Å². The van der Waals surface area contributed by atoms with Crippen LogP contribution in [-0.2, 0) is 16.1 Å². The standard InChI is InChI=1S/C14H20N4O2/c15-14(19)12-9-20-6-5-18(12)13-4-1-10(8-17-13)7-16-11-2-3-11/h1,4,8,11-12,16H,2-3,5-7,9H2,(H2,15,19). The highest BCUT2D eigenvalue weighted by atomic mass is 16.5. The maximum Gasteiger partial charge on any atom is 0.242 e. The Balaban J connectivity index is 1.66. The predicted molar refractivity (Wildman–Crippen MR) is 75.2 cm³/mol. The fourth-order valence-corrected chi connectivity index (χ4v) is 2.35. The van der Waals surface area contributed by atoms with Crippen molar-refractivity contribution in [2.24, 2.45) is 5.73 Å². The highest BCUT2D eigenvalue weighted by Crippen LogP contribution is 2.20. The van der Waals surface area contributed by atoms with E-state index in [1.807, 2.05) is 23.2 Å². The Kier molecular flexibility index (Phi) is 3.84. The molecule has 1 saturated carbocycles. The Hall–Kier alpha value is -1.66. The Morgan fingerprint density at radius 2 is 2.35 bits per heavy atom. The van der Waals surface area contributed by atoms with E-state index in [4.69, 9.17) is 10.5 Å². The van der Waals surface area contributed by atoms with Crippen molar-refractivity contribution in [1.29, 1.82) is 0 Å². The van der Waals surface area contributed by atoms with E-state index in [1.54, 1.807) is 0 Å². The fourth-order valence-electron chi connectivity index (χ4n) is 2.35.